The van der Waals surface area contributed by atoms with Crippen molar-refractivity contribution in [2.45, 2.75) is 0 Å². The Bertz CT molecular complexity index is 696. The van der Waals surface area contributed by atoms with E-state index >= 15 is 0 Å². The zero-order valence-corrected chi connectivity index (χ0v) is 11.6. The van der Waals surface area contributed by atoms with Gasteiger partial charge in [0, 0.05) is 0 Å². The van der Waals surface area contributed by atoms with Crippen LogP contribution in [0.25, 0.3) is 0 Å². The number of rotatable bonds is 3. The fraction of sp³-hybridized carbons (Fsp3) is 0.0714. The van der Waals surface area contributed by atoms with Crippen LogP contribution in [-0.2, 0) is 4.79 Å². The van der Waals surface area contributed by atoms with Crippen molar-refractivity contribution in [3.05, 3.63) is 54.2 Å². The molecule has 1 aliphatic heterocycles. The van der Waals surface area contributed by atoms with E-state index < -0.39 is 0 Å². The third kappa shape index (κ3) is 3.03. The Morgan fingerprint density at radius 1 is 1.29 bits per heavy atom. The molecule has 1 aromatic heterocycles. The van der Waals surface area contributed by atoms with Gasteiger partial charge in [0.1, 0.15) is 11.6 Å². The average Bonchev–Trinajstić information content (AvgIpc) is 3.11. The fourth-order valence-corrected chi connectivity index (χ4v) is 2.60. The molecule has 2 heterocycles. The SMILES string of the molecule is O=C1CSC(=NN=Cc2ccco2)N1c1ccc(F)cc1. The van der Waals surface area contributed by atoms with Gasteiger partial charge in [-0.1, -0.05) is 11.8 Å². The molecule has 1 amide bonds. The number of amides is 1. The summed E-state index contributed by atoms with van der Waals surface area (Å²) in [6, 6.07) is 9.15. The lowest BCUT2D eigenvalue weighted by atomic mass is 10.3. The minimum Gasteiger partial charge on any atom is -0.463 e. The Balaban J connectivity index is 1.83. The molecule has 1 fully saturated rings. The minimum atomic E-state index is -0.354. The summed E-state index contributed by atoms with van der Waals surface area (Å²) in [5, 5.41) is 8.39. The number of halogens is 1. The van der Waals surface area contributed by atoms with E-state index in [1.54, 1.807) is 12.1 Å². The highest BCUT2D eigenvalue weighted by atomic mass is 32.2. The third-order valence-corrected chi connectivity index (χ3v) is 3.64. The summed E-state index contributed by atoms with van der Waals surface area (Å²) < 4.78 is 18.1. The second kappa shape index (κ2) is 5.92. The van der Waals surface area contributed by atoms with E-state index in [0.29, 0.717) is 16.6 Å². The lowest BCUT2D eigenvalue weighted by Gasteiger charge is -2.14. The second-order valence-electron chi connectivity index (χ2n) is 4.14. The normalized spacial score (nSPS) is 17.3. The number of hydrogen-bond acceptors (Lipinski definition) is 5. The summed E-state index contributed by atoms with van der Waals surface area (Å²) in [6.07, 6.45) is 2.99. The van der Waals surface area contributed by atoms with Crippen molar-refractivity contribution in [2.24, 2.45) is 10.2 Å². The molecule has 2 aromatic rings. The molecular formula is C14H10FN3O2S. The van der Waals surface area contributed by atoms with E-state index in [-0.39, 0.29) is 17.5 Å². The number of nitrogens with zero attached hydrogens (tertiary/aromatic N) is 3. The quantitative estimate of drug-likeness (QED) is 0.647. The molecule has 7 heteroatoms. The van der Waals surface area contributed by atoms with Gasteiger partial charge in [-0.2, -0.15) is 5.10 Å². The molecule has 0 atom stereocenters. The summed E-state index contributed by atoms with van der Waals surface area (Å²) in [6.45, 7) is 0. The highest BCUT2D eigenvalue weighted by molar-refractivity contribution is 8.15. The van der Waals surface area contributed by atoms with Gasteiger partial charge < -0.3 is 4.42 Å². The van der Waals surface area contributed by atoms with Gasteiger partial charge in [0.25, 0.3) is 0 Å². The standard InChI is InChI=1S/C14H10FN3O2S/c15-10-3-5-11(6-4-10)18-13(19)9-21-14(18)17-16-8-12-2-1-7-20-12/h1-8H,9H2. The van der Waals surface area contributed by atoms with Crippen LogP contribution in [0.1, 0.15) is 5.76 Å². The molecular weight excluding hydrogens is 293 g/mol. The van der Waals surface area contributed by atoms with Crippen molar-refractivity contribution in [1.82, 2.24) is 0 Å². The van der Waals surface area contributed by atoms with Gasteiger partial charge >= 0.3 is 0 Å². The van der Waals surface area contributed by atoms with Crippen LogP contribution in [0.4, 0.5) is 10.1 Å². The summed E-state index contributed by atoms with van der Waals surface area (Å²) in [4.78, 5) is 13.3. The number of benzene rings is 1. The van der Waals surface area contributed by atoms with E-state index in [2.05, 4.69) is 10.2 Å². The predicted molar refractivity (Wildman–Crippen MR) is 80.1 cm³/mol. The summed E-state index contributed by atoms with van der Waals surface area (Å²) >= 11 is 1.28. The first-order valence-corrected chi connectivity index (χ1v) is 7.08. The zero-order chi connectivity index (χ0) is 14.7. The summed E-state index contributed by atoms with van der Waals surface area (Å²) in [7, 11) is 0. The molecule has 1 saturated heterocycles. The minimum absolute atomic E-state index is 0.112. The second-order valence-corrected chi connectivity index (χ2v) is 5.08. The van der Waals surface area contributed by atoms with Gasteiger partial charge in [-0.25, -0.2) is 4.39 Å². The maximum absolute atomic E-state index is 13.0. The molecule has 0 saturated carbocycles. The predicted octanol–water partition coefficient (Wildman–Crippen LogP) is 2.89. The van der Waals surface area contributed by atoms with Crippen LogP contribution in [0, 0.1) is 5.82 Å². The van der Waals surface area contributed by atoms with Gasteiger partial charge in [-0.05, 0) is 36.4 Å². The molecule has 0 spiro atoms. The smallest absolute Gasteiger partial charge is 0.243 e. The van der Waals surface area contributed by atoms with Crippen LogP contribution < -0.4 is 4.90 Å². The molecule has 5 nitrogen and oxygen atoms in total. The van der Waals surface area contributed by atoms with Crippen LogP contribution in [0.5, 0.6) is 0 Å². The lowest BCUT2D eigenvalue weighted by Crippen LogP contribution is -2.29. The van der Waals surface area contributed by atoms with Gasteiger partial charge in [-0.15, -0.1) is 5.10 Å². The molecule has 106 valence electrons. The first-order valence-electron chi connectivity index (χ1n) is 6.10. The largest absolute Gasteiger partial charge is 0.463 e. The molecule has 1 aliphatic rings. The average molecular weight is 303 g/mol. The van der Waals surface area contributed by atoms with Crippen LogP contribution >= 0.6 is 11.8 Å². The number of furan rings is 1. The van der Waals surface area contributed by atoms with Gasteiger partial charge in [0.2, 0.25) is 5.91 Å². The van der Waals surface area contributed by atoms with E-state index in [1.165, 1.54) is 53.4 Å². The Hall–Kier alpha value is -2.41. The molecule has 0 unspecified atom stereocenters. The van der Waals surface area contributed by atoms with Crippen LogP contribution in [0.2, 0.25) is 0 Å². The molecule has 0 N–H and O–H groups in total. The molecule has 0 bridgehead atoms. The zero-order valence-electron chi connectivity index (χ0n) is 10.8. The lowest BCUT2D eigenvalue weighted by molar-refractivity contribution is -0.115. The summed E-state index contributed by atoms with van der Waals surface area (Å²) in [5.74, 6) is 0.389. The van der Waals surface area contributed by atoms with Gasteiger partial charge in [-0.3, -0.25) is 9.69 Å². The number of carbonyl (C=O) groups is 1. The van der Waals surface area contributed by atoms with Crippen molar-refractivity contribution in [1.29, 1.82) is 0 Å². The van der Waals surface area contributed by atoms with Crippen LogP contribution in [0.15, 0.2) is 57.3 Å². The molecule has 3 rings (SSSR count). The molecule has 1 aromatic carbocycles. The van der Waals surface area contributed by atoms with Crippen molar-refractivity contribution in [3.8, 4) is 0 Å². The number of hydrogen-bond donors (Lipinski definition) is 0. The molecule has 0 radical (unpaired) electrons. The maximum Gasteiger partial charge on any atom is 0.243 e. The van der Waals surface area contributed by atoms with Crippen LogP contribution in [-0.4, -0.2) is 23.0 Å². The van der Waals surface area contributed by atoms with Crippen molar-refractivity contribution in [2.75, 3.05) is 10.7 Å². The first kappa shape index (κ1) is 13.6. The molecule has 21 heavy (non-hydrogen) atoms. The fourth-order valence-electron chi connectivity index (χ4n) is 1.78. The third-order valence-electron chi connectivity index (χ3n) is 2.72. The molecule has 0 aliphatic carbocycles. The number of thioether (sulfide) groups is 1. The van der Waals surface area contributed by atoms with E-state index in [4.69, 9.17) is 4.42 Å². The van der Waals surface area contributed by atoms with Gasteiger partial charge in [0.05, 0.1) is 23.9 Å². The van der Waals surface area contributed by atoms with E-state index in [0.717, 1.165) is 0 Å². The van der Waals surface area contributed by atoms with E-state index in [1.807, 2.05) is 0 Å². The maximum atomic E-state index is 13.0. The topological polar surface area (TPSA) is 58.2 Å². The number of carbonyl (C=O) groups excluding carboxylic acids is 1. The Morgan fingerprint density at radius 3 is 2.81 bits per heavy atom. The van der Waals surface area contributed by atoms with Gasteiger partial charge in [0.15, 0.2) is 5.17 Å². The van der Waals surface area contributed by atoms with Crippen molar-refractivity contribution < 1.29 is 13.6 Å². The first-order chi connectivity index (χ1) is 10.2. The van der Waals surface area contributed by atoms with Crippen molar-refractivity contribution in [3.63, 3.8) is 0 Å². The highest BCUT2D eigenvalue weighted by Crippen LogP contribution is 2.26. The monoisotopic (exact) mass is 303 g/mol. The number of amidine groups is 1. The Kier molecular flexibility index (Phi) is 3.83. The Morgan fingerprint density at radius 2 is 2.10 bits per heavy atom. The summed E-state index contributed by atoms with van der Waals surface area (Å²) in [5.41, 5.74) is 0.568. The number of anilines is 1. The Labute approximate surface area is 124 Å². The van der Waals surface area contributed by atoms with E-state index in [9.17, 15) is 9.18 Å². The van der Waals surface area contributed by atoms with Crippen LogP contribution in [0.3, 0.4) is 0 Å². The highest BCUT2D eigenvalue weighted by Gasteiger charge is 2.29. The van der Waals surface area contributed by atoms with Crippen molar-refractivity contribution >= 4 is 34.7 Å².